The molecule has 0 atom stereocenters. The SMILES string of the molecule is Cc1cc(Nc2ncc3cc(C(F)F)n(Cc4cnccn4)c3n2)n(C(C)C)n1. The first-order valence-corrected chi connectivity index (χ1v) is 9.14. The Kier molecular flexibility index (Phi) is 4.91. The Morgan fingerprint density at radius 3 is 2.62 bits per heavy atom. The summed E-state index contributed by atoms with van der Waals surface area (Å²) in [7, 11) is 0. The predicted molar refractivity (Wildman–Crippen MR) is 104 cm³/mol. The number of anilines is 2. The van der Waals surface area contributed by atoms with Gasteiger partial charge in [-0.3, -0.25) is 9.97 Å². The number of nitrogens with one attached hydrogen (secondary N) is 1. The van der Waals surface area contributed by atoms with Gasteiger partial charge in [0.2, 0.25) is 5.95 Å². The number of aromatic nitrogens is 7. The van der Waals surface area contributed by atoms with Crippen LogP contribution in [0.1, 0.15) is 43.4 Å². The molecule has 10 heteroatoms. The molecule has 29 heavy (non-hydrogen) atoms. The lowest BCUT2D eigenvalue weighted by Crippen LogP contribution is -2.10. The average molecular weight is 398 g/mol. The van der Waals surface area contributed by atoms with Gasteiger partial charge in [0.05, 0.1) is 29.8 Å². The maximum atomic E-state index is 13.6. The fraction of sp³-hybridized carbons (Fsp3) is 0.316. The van der Waals surface area contributed by atoms with Crippen LogP contribution in [0.15, 0.2) is 36.9 Å². The van der Waals surface area contributed by atoms with Crippen molar-refractivity contribution in [1.82, 2.24) is 34.3 Å². The molecule has 4 aromatic heterocycles. The molecule has 0 unspecified atom stereocenters. The molecule has 4 rings (SSSR count). The summed E-state index contributed by atoms with van der Waals surface area (Å²) in [5.74, 6) is 1.04. The van der Waals surface area contributed by atoms with Crippen LogP contribution >= 0.6 is 0 Å². The highest BCUT2D eigenvalue weighted by Gasteiger charge is 2.20. The monoisotopic (exact) mass is 398 g/mol. The van der Waals surface area contributed by atoms with Crippen molar-refractivity contribution in [2.45, 2.75) is 39.8 Å². The summed E-state index contributed by atoms with van der Waals surface area (Å²) in [5.41, 5.74) is 1.68. The second-order valence-electron chi connectivity index (χ2n) is 6.96. The van der Waals surface area contributed by atoms with Gasteiger partial charge in [0.25, 0.3) is 6.43 Å². The summed E-state index contributed by atoms with van der Waals surface area (Å²) in [6, 6.07) is 3.43. The van der Waals surface area contributed by atoms with Crippen LogP contribution in [-0.2, 0) is 6.54 Å². The second-order valence-corrected chi connectivity index (χ2v) is 6.96. The molecule has 0 saturated carbocycles. The zero-order valence-corrected chi connectivity index (χ0v) is 16.2. The Balaban J connectivity index is 1.76. The normalized spacial score (nSPS) is 11.7. The highest BCUT2D eigenvalue weighted by molar-refractivity contribution is 5.78. The summed E-state index contributed by atoms with van der Waals surface area (Å²) >= 11 is 0. The standard InChI is InChI=1S/C19H20F2N8/c1-11(2)29-16(6-12(3)27-29)25-19-24-8-13-7-15(17(20)21)28(18(13)26-19)10-14-9-22-4-5-23-14/h4-9,11,17H,10H2,1-3H3,(H,24,25,26). The largest absolute Gasteiger partial charge is 0.318 e. The summed E-state index contributed by atoms with van der Waals surface area (Å²) in [5, 5.41) is 8.13. The smallest absolute Gasteiger partial charge is 0.278 e. The van der Waals surface area contributed by atoms with Crippen molar-refractivity contribution in [3.8, 4) is 0 Å². The number of aryl methyl sites for hydroxylation is 1. The molecule has 8 nitrogen and oxygen atoms in total. The molecule has 4 heterocycles. The lowest BCUT2D eigenvalue weighted by atomic mass is 10.3. The van der Waals surface area contributed by atoms with Gasteiger partial charge in [0.15, 0.2) is 0 Å². The minimum Gasteiger partial charge on any atom is -0.318 e. The fourth-order valence-corrected chi connectivity index (χ4v) is 3.16. The number of hydrogen-bond donors (Lipinski definition) is 1. The van der Waals surface area contributed by atoms with E-state index in [9.17, 15) is 8.78 Å². The molecule has 4 aromatic rings. The van der Waals surface area contributed by atoms with E-state index in [4.69, 9.17) is 0 Å². The summed E-state index contributed by atoms with van der Waals surface area (Å²) in [4.78, 5) is 17.0. The van der Waals surface area contributed by atoms with Gasteiger partial charge in [-0.2, -0.15) is 10.1 Å². The van der Waals surface area contributed by atoms with E-state index in [-0.39, 0.29) is 18.3 Å². The van der Waals surface area contributed by atoms with Gasteiger partial charge in [0, 0.05) is 36.1 Å². The Labute approximate surface area is 165 Å². The van der Waals surface area contributed by atoms with Crippen LogP contribution in [0.5, 0.6) is 0 Å². The molecule has 0 radical (unpaired) electrons. The predicted octanol–water partition coefficient (Wildman–Crippen LogP) is 4.04. The van der Waals surface area contributed by atoms with Crippen molar-refractivity contribution in [1.29, 1.82) is 0 Å². The molecule has 0 aromatic carbocycles. The molecule has 0 spiro atoms. The average Bonchev–Trinajstić information content (AvgIpc) is 3.23. The third-order valence-corrected chi connectivity index (χ3v) is 4.41. The van der Waals surface area contributed by atoms with E-state index in [1.165, 1.54) is 29.2 Å². The Hall–Kier alpha value is -3.43. The van der Waals surface area contributed by atoms with Crippen LogP contribution in [-0.4, -0.2) is 34.3 Å². The number of fused-ring (bicyclic) bond motifs is 1. The molecular formula is C19H20F2N8. The summed E-state index contributed by atoms with van der Waals surface area (Å²) < 4.78 is 30.5. The number of hydrogen-bond acceptors (Lipinski definition) is 6. The van der Waals surface area contributed by atoms with E-state index in [2.05, 4.69) is 30.4 Å². The highest BCUT2D eigenvalue weighted by atomic mass is 19.3. The fourth-order valence-electron chi connectivity index (χ4n) is 3.16. The summed E-state index contributed by atoms with van der Waals surface area (Å²) in [6.45, 7) is 6.07. The van der Waals surface area contributed by atoms with Crippen LogP contribution in [0, 0.1) is 6.92 Å². The quantitative estimate of drug-likeness (QED) is 0.528. The van der Waals surface area contributed by atoms with Crippen LogP contribution < -0.4 is 5.32 Å². The van der Waals surface area contributed by atoms with Gasteiger partial charge in [0.1, 0.15) is 11.5 Å². The molecular weight excluding hydrogens is 378 g/mol. The van der Waals surface area contributed by atoms with Crippen molar-refractivity contribution in [3.63, 3.8) is 0 Å². The molecule has 0 aliphatic rings. The van der Waals surface area contributed by atoms with Crippen LogP contribution in [0.2, 0.25) is 0 Å². The zero-order chi connectivity index (χ0) is 20.5. The first-order valence-electron chi connectivity index (χ1n) is 9.14. The third-order valence-electron chi connectivity index (χ3n) is 4.41. The second kappa shape index (κ2) is 7.53. The van der Waals surface area contributed by atoms with E-state index in [0.29, 0.717) is 22.7 Å². The van der Waals surface area contributed by atoms with E-state index in [1.54, 1.807) is 6.20 Å². The molecule has 0 aliphatic heterocycles. The van der Waals surface area contributed by atoms with Crippen molar-refractivity contribution in [2.24, 2.45) is 0 Å². The van der Waals surface area contributed by atoms with E-state index >= 15 is 0 Å². The van der Waals surface area contributed by atoms with Crippen molar-refractivity contribution in [3.05, 3.63) is 54.0 Å². The first kappa shape index (κ1) is 18.9. The topological polar surface area (TPSA) is 86.3 Å². The molecule has 0 fully saturated rings. The van der Waals surface area contributed by atoms with Gasteiger partial charge in [-0.25, -0.2) is 18.4 Å². The molecule has 0 aliphatic carbocycles. The zero-order valence-electron chi connectivity index (χ0n) is 16.2. The minimum absolute atomic E-state index is 0.135. The molecule has 150 valence electrons. The summed E-state index contributed by atoms with van der Waals surface area (Å²) in [6.07, 6.45) is 3.50. The Morgan fingerprint density at radius 1 is 1.10 bits per heavy atom. The van der Waals surface area contributed by atoms with Crippen molar-refractivity contribution >= 4 is 22.8 Å². The van der Waals surface area contributed by atoms with Gasteiger partial charge in [-0.1, -0.05) is 0 Å². The lowest BCUT2D eigenvalue weighted by Gasteiger charge is -2.12. The first-order chi connectivity index (χ1) is 13.9. The van der Waals surface area contributed by atoms with E-state index < -0.39 is 6.43 Å². The number of rotatable bonds is 6. The Bertz CT molecular complexity index is 1130. The molecule has 0 saturated heterocycles. The number of nitrogens with zero attached hydrogens (tertiary/aromatic N) is 7. The molecule has 0 amide bonds. The maximum Gasteiger partial charge on any atom is 0.278 e. The molecule has 0 bridgehead atoms. The highest BCUT2D eigenvalue weighted by Crippen LogP contribution is 2.28. The third kappa shape index (κ3) is 3.78. The van der Waals surface area contributed by atoms with Crippen LogP contribution in [0.3, 0.4) is 0 Å². The van der Waals surface area contributed by atoms with Crippen molar-refractivity contribution < 1.29 is 8.78 Å². The van der Waals surface area contributed by atoms with Gasteiger partial charge < -0.3 is 9.88 Å². The minimum atomic E-state index is -2.65. The Morgan fingerprint density at radius 2 is 1.93 bits per heavy atom. The number of alkyl halides is 2. The van der Waals surface area contributed by atoms with Crippen molar-refractivity contribution in [2.75, 3.05) is 5.32 Å². The lowest BCUT2D eigenvalue weighted by molar-refractivity contribution is 0.142. The molecule has 1 N–H and O–H groups in total. The maximum absolute atomic E-state index is 13.6. The van der Waals surface area contributed by atoms with Gasteiger partial charge >= 0.3 is 0 Å². The van der Waals surface area contributed by atoms with E-state index in [0.717, 1.165) is 11.5 Å². The van der Waals surface area contributed by atoms with Gasteiger partial charge in [-0.15, -0.1) is 0 Å². The van der Waals surface area contributed by atoms with Crippen LogP contribution in [0.4, 0.5) is 20.5 Å². The van der Waals surface area contributed by atoms with E-state index in [1.807, 2.05) is 31.5 Å². The number of halogens is 2. The van der Waals surface area contributed by atoms with Gasteiger partial charge in [-0.05, 0) is 26.8 Å². The van der Waals surface area contributed by atoms with Crippen LogP contribution in [0.25, 0.3) is 11.0 Å².